The fourth-order valence-electron chi connectivity index (χ4n) is 3.06. The molecule has 24 heavy (non-hydrogen) atoms. The molecule has 126 valence electrons. The molecule has 0 saturated carbocycles. The Hall–Kier alpha value is -2.04. The molecule has 3 rings (SSSR count). The van der Waals surface area contributed by atoms with Crippen LogP contribution in [0.3, 0.4) is 0 Å². The molecule has 1 saturated heterocycles. The number of ether oxygens (including phenoxy) is 1. The molecule has 0 aliphatic carbocycles. The maximum absolute atomic E-state index is 12.4. The van der Waals surface area contributed by atoms with Crippen LogP contribution in [-0.2, 0) is 4.79 Å². The lowest BCUT2D eigenvalue weighted by Crippen LogP contribution is -2.35. The Bertz CT molecular complexity index is 721. The summed E-state index contributed by atoms with van der Waals surface area (Å²) in [6.45, 7) is 3.05. The van der Waals surface area contributed by atoms with E-state index in [0.717, 1.165) is 5.56 Å². The van der Waals surface area contributed by atoms with Crippen molar-refractivity contribution < 1.29 is 9.53 Å². The van der Waals surface area contributed by atoms with E-state index in [1.165, 1.54) is 5.56 Å². The Morgan fingerprint density at radius 3 is 2.71 bits per heavy atom. The number of carbonyl (C=O) groups excluding carboxylic acids is 1. The van der Waals surface area contributed by atoms with Crippen molar-refractivity contribution in [1.82, 2.24) is 4.90 Å². The Balaban J connectivity index is 1.61. The van der Waals surface area contributed by atoms with E-state index in [1.807, 2.05) is 37.3 Å². The molecule has 0 unspecified atom stereocenters. The van der Waals surface area contributed by atoms with E-state index >= 15 is 0 Å². The zero-order valence-electron chi connectivity index (χ0n) is 13.6. The Kier molecular flexibility index (Phi) is 5.07. The second-order valence-electron chi connectivity index (χ2n) is 6.13. The van der Waals surface area contributed by atoms with Crippen molar-refractivity contribution >= 4 is 17.5 Å². The number of hydrogen-bond donors (Lipinski definition) is 1. The van der Waals surface area contributed by atoms with Crippen LogP contribution in [-0.4, -0.2) is 36.5 Å². The number of hydrogen-bond acceptors (Lipinski definition) is 3. The van der Waals surface area contributed by atoms with Gasteiger partial charge in [0.1, 0.15) is 5.75 Å². The van der Waals surface area contributed by atoms with Gasteiger partial charge in [-0.3, -0.25) is 4.79 Å². The van der Waals surface area contributed by atoms with Gasteiger partial charge in [-0.2, -0.15) is 0 Å². The van der Waals surface area contributed by atoms with Gasteiger partial charge >= 0.3 is 0 Å². The van der Waals surface area contributed by atoms with E-state index in [0.29, 0.717) is 23.9 Å². The lowest BCUT2D eigenvalue weighted by molar-refractivity contribution is -0.132. The maximum Gasteiger partial charge on any atom is 0.260 e. The maximum atomic E-state index is 12.4. The summed E-state index contributed by atoms with van der Waals surface area (Å²) in [6.07, 6.45) is 0. The molecule has 0 bridgehead atoms. The van der Waals surface area contributed by atoms with Gasteiger partial charge in [-0.25, -0.2) is 0 Å². The van der Waals surface area contributed by atoms with Crippen molar-refractivity contribution in [2.24, 2.45) is 5.73 Å². The number of benzene rings is 2. The summed E-state index contributed by atoms with van der Waals surface area (Å²) in [4.78, 5) is 14.2. The molecule has 0 radical (unpaired) electrons. The number of nitrogens with two attached hydrogens (primary N) is 1. The summed E-state index contributed by atoms with van der Waals surface area (Å²) in [7, 11) is 0. The van der Waals surface area contributed by atoms with E-state index in [9.17, 15) is 4.79 Å². The highest BCUT2D eigenvalue weighted by atomic mass is 35.5. The van der Waals surface area contributed by atoms with Gasteiger partial charge in [0.15, 0.2) is 6.61 Å². The molecule has 4 nitrogen and oxygen atoms in total. The highest BCUT2D eigenvalue weighted by molar-refractivity contribution is 6.31. The Morgan fingerprint density at radius 1 is 1.21 bits per heavy atom. The molecule has 1 aliphatic rings. The second-order valence-corrected chi connectivity index (χ2v) is 6.54. The molecule has 1 fully saturated rings. The highest BCUT2D eigenvalue weighted by Crippen LogP contribution is 2.27. The molecule has 2 N–H and O–H groups in total. The third kappa shape index (κ3) is 3.55. The monoisotopic (exact) mass is 344 g/mol. The van der Waals surface area contributed by atoms with Crippen LogP contribution in [0.4, 0.5) is 0 Å². The smallest absolute Gasteiger partial charge is 0.260 e. The van der Waals surface area contributed by atoms with Crippen LogP contribution < -0.4 is 10.5 Å². The van der Waals surface area contributed by atoms with Crippen LogP contribution in [0.5, 0.6) is 5.75 Å². The molecule has 2 aromatic carbocycles. The summed E-state index contributed by atoms with van der Waals surface area (Å²) in [6, 6.07) is 15.5. The number of halogens is 1. The standard InChI is InChI=1S/C19H21ClN2O2/c1-13-16(20)8-5-9-18(13)24-12-19(23)22-10-15(17(21)11-22)14-6-3-2-4-7-14/h2-9,15,17H,10-12,21H2,1H3/t15-,17+/m0/s1. The first-order chi connectivity index (χ1) is 11.6. The molecule has 5 heteroatoms. The summed E-state index contributed by atoms with van der Waals surface area (Å²) in [5.74, 6) is 0.755. The van der Waals surface area contributed by atoms with Crippen molar-refractivity contribution in [3.8, 4) is 5.75 Å². The van der Waals surface area contributed by atoms with Crippen LogP contribution in [0.2, 0.25) is 5.02 Å². The molecular formula is C19H21ClN2O2. The Labute approximate surface area is 147 Å². The summed E-state index contributed by atoms with van der Waals surface area (Å²) in [5.41, 5.74) is 8.25. The van der Waals surface area contributed by atoms with Crippen LogP contribution in [0.25, 0.3) is 0 Å². The first-order valence-corrected chi connectivity index (χ1v) is 8.40. The minimum absolute atomic E-state index is 0.00455. The molecule has 1 amide bonds. The van der Waals surface area contributed by atoms with Gasteiger partial charge in [0.05, 0.1) is 0 Å². The largest absolute Gasteiger partial charge is 0.483 e. The predicted octanol–water partition coefficient (Wildman–Crippen LogP) is 2.98. The van der Waals surface area contributed by atoms with Crippen molar-refractivity contribution in [1.29, 1.82) is 0 Å². The molecule has 2 aromatic rings. The third-order valence-corrected chi connectivity index (χ3v) is 4.92. The van der Waals surface area contributed by atoms with Gasteiger partial charge < -0.3 is 15.4 Å². The Morgan fingerprint density at radius 2 is 1.96 bits per heavy atom. The third-order valence-electron chi connectivity index (χ3n) is 4.51. The molecule has 2 atom stereocenters. The number of nitrogens with zero attached hydrogens (tertiary/aromatic N) is 1. The number of likely N-dealkylation sites (tertiary alicyclic amines) is 1. The topological polar surface area (TPSA) is 55.6 Å². The van der Waals surface area contributed by atoms with Crippen LogP contribution >= 0.6 is 11.6 Å². The fourth-order valence-corrected chi connectivity index (χ4v) is 3.23. The van der Waals surface area contributed by atoms with Crippen LogP contribution in [0, 0.1) is 6.92 Å². The number of rotatable bonds is 4. The molecule has 1 heterocycles. The average molecular weight is 345 g/mol. The normalized spacial score (nSPS) is 20.2. The van der Waals surface area contributed by atoms with Crippen molar-refractivity contribution in [3.63, 3.8) is 0 Å². The SMILES string of the molecule is Cc1c(Cl)cccc1OCC(=O)N1C[C@@H](N)[C@H](c2ccccc2)C1. The lowest BCUT2D eigenvalue weighted by atomic mass is 9.95. The summed E-state index contributed by atoms with van der Waals surface area (Å²) in [5, 5.41) is 0.632. The van der Waals surface area contributed by atoms with Gasteiger partial charge in [-0.05, 0) is 24.6 Å². The van der Waals surface area contributed by atoms with E-state index < -0.39 is 0 Å². The average Bonchev–Trinajstić information content (AvgIpc) is 2.98. The van der Waals surface area contributed by atoms with Crippen molar-refractivity contribution in [2.75, 3.05) is 19.7 Å². The molecule has 0 aromatic heterocycles. The second kappa shape index (κ2) is 7.24. The van der Waals surface area contributed by atoms with E-state index in [2.05, 4.69) is 12.1 Å². The molecule has 1 aliphatic heterocycles. The lowest BCUT2D eigenvalue weighted by Gasteiger charge is -2.17. The van der Waals surface area contributed by atoms with Crippen molar-refractivity contribution in [3.05, 3.63) is 64.7 Å². The number of carbonyl (C=O) groups is 1. The molecular weight excluding hydrogens is 324 g/mol. The van der Waals surface area contributed by atoms with Gasteiger partial charge in [-0.15, -0.1) is 0 Å². The van der Waals surface area contributed by atoms with Crippen LogP contribution in [0.15, 0.2) is 48.5 Å². The van der Waals surface area contributed by atoms with Crippen molar-refractivity contribution in [2.45, 2.75) is 18.9 Å². The summed E-state index contributed by atoms with van der Waals surface area (Å²) >= 11 is 6.07. The van der Waals surface area contributed by atoms with Gasteiger partial charge in [0, 0.05) is 35.6 Å². The zero-order chi connectivity index (χ0) is 17.1. The first kappa shape index (κ1) is 16.8. The highest BCUT2D eigenvalue weighted by Gasteiger charge is 2.33. The zero-order valence-corrected chi connectivity index (χ0v) is 14.4. The van der Waals surface area contributed by atoms with Gasteiger partial charge in [-0.1, -0.05) is 48.0 Å². The predicted molar refractivity (Wildman–Crippen MR) is 95.4 cm³/mol. The minimum Gasteiger partial charge on any atom is -0.483 e. The van der Waals surface area contributed by atoms with Gasteiger partial charge in [0.2, 0.25) is 0 Å². The van der Waals surface area contributed by atoms with E-state index in [1.54, 1.807) is 11.0 Å². The minimum atomic E-state index is -0.0525. The van der Waals surface area contributed by atoms with E-state index in [-0.39, 0.29) is 24.5 Å². The number of amides is 1. The van der Waals surface area contributed by atoms with E-state index in [4.69, 9.17) is 22.1 Å². The fraction of sp³-hybridized carbons (Fsp3) is 0.316. The quantitative estimate of drug-likeness (QED) is 0.927. The van der Waals surface area contributed by atoms with Gasteiger partial charge in [0.25, 0.3) is 5.91 Å². The molecule has 0 spiro atoms. The first-order valence-electron chi connectivity index (χ1n) is 8.02. The van der Waals surface area contributed by atoms with Crippen LogP contribution in [0.1, 0.15) is 17.0 Å². The summed E-state index contributed by atoms with van der Waals surface area (Å²) < 4.78 is 5.65.